The highest BCUT2D eigenvalue weighted by Crippen LogP contribution is 2.31. The van der Waals surface area contributed by atoms with Crippen molar-refractivity contribution in [3.05, 3.63) is 59.7 Å². The Bertz CT molecular complexity index is 905. The molecule has 0 radical (unpaired) electrons. The number of hydrogen-bond acceptors (Lipinski definition) is 4. The van der Waals surface area contributed by atoms with Gasteiger partial charge in [-0.2, -0.15) is 4.31 Å². The summed E-state index contributed by atoms with van der Waals surface area (Å²) in [5.41, 5.74) is 2.21. The molecule has 2 aromatic carbocycles. The molecule has 0 bridgehead atoms. The zero-order valence-corrected chi connectivity index (χ0v) is 19.2. The Labute approximate surface area is 181 Å². The molecule has 0 N–H and O–H groups in total. The third-order valence-electron chi connectivity index (χ3n) is 5.58. The summed E-state index contributed by atoms with van der Waals surface area (Å²) in [6.07, 6.45) is 2.06. The van der Waals surface area contributed by atoms with Crippen LogP contribution in [0.5, 0.6) is 5.75 Å². The molecule has 0 unspecified atom stereocenters. The highest BCUT2D eigenvalue weighted by Gasteiger charge is 2.29. The third kappa shape index (κ3) is 5.62. The van der Waals surface area contributed by atoms with Gasteiger partial charge in [0, 0.05) is 32.7 Å². The largest absolute Gasteiger partial charge is 0.493 e. The summed E-state index contributed by atoms with van der Waals surface area (Å²) in [7, 11) is -3.51. The number of sulfonamides is 1. The maximum atomic E-state index is 13.3. The smallest absolute Gasteiger partial charge is 0.243 e. The van der Waals surface area contributed by atoms with Crippen LogP contribution < -0.4 is 4.74 Å². The van der Waals surface area contributed by atoms with Crippen LogP contribution in [-0.4, -0.2) is 50.4 Å². The van der Waals surface area contributed by atoms with Gasteiger partial charge in [-0.05, 0) is 41.7 Å². The van der Waals surface area contributed by atoms with E-state index in [4.69, 9.17) is 4.74 Å². The SMILES string of the molecule is CCCCOc1ccc(S(=O)(=O)N2CCN(Cc3ccccc3)CC2)cc1C(C)C. The molecule has 164 valence electrons. The van der Waals surface area contributed by atoms with Crippen molar-refractivity contribution < 1.29 is 13.2 Å². The lowest BCUT2D eigenvalue weighted by Crippen LogP contribution is -2.48. The zero-order valence-electron chi connectivity index (χ0n) is 18.4. The Morgan fingerprint density at radius 3 is 2.33 bits per heavy atom. The van der Waals surface area contributed by atoms with Crippen LogP contribution in [0, 0.1) is 0 Å². The van der Waals surface area contributed by atoms with E-state index >= 15 is 0 Å². The van der Waals surface area contributed by atoms with E-state index in [1.165, 1.54) is 5.56 Å². The average Bonchev–Trinajstić information content (AvgIpc) is 2.75. The molecule has 0 spiro atoms. The van der Waals surface area contributed by atoms with Gasteiger partial charge >= 0.3 is 0 Å². The second-order valence-corrected chi connectivity index (χ2v) is 10.2. The maximum Gasteiger partial charge on any atom is 0.243 e. The standard InChI is InChI=1S/C24H34N2O3S/c1-4-5-17-29-24-12-11-22(18-23(24)20(2)3)30(27,28)26-15-13-25(14-16-26)19-21-9-7-6-8-10-21/h6-12,18,20H,4-5,13-17,19H2,1-3H3. The molecule has 1 fully saturated rings. The van der Waals surface area contributed by atoms with Crippen LogP contribution in [0.4, 0.5) is 0 Å². The first-order valence-corrected chi connectivity index (χ1v) is 12.4. The fraction of sp³-hybridized carbons (Fsp3) is 0.500. The van der Waals surface area contributed by atoms with Crippen molar-refractivity contribution in [2.45, 2.75) is 51.0 Å². The fourth-order valence-electron chi connectivity index (χ4n) is 3.71. The van der Waals surface area contributed by atoms with Gasteiger partial charge in [-0.3, -0.25) is 4.90 Å². The summed E-state index contributed by atoms with van der Waals surface area (Å²) in [6.45, 7) is 10.3. The lowest BCUT2D eigenvalue weighted by Gasteiger charge is -2.34. The summed E-state index contributed by atoms with van der Waals surface area (Å²) in [4.78, 5) is 2.68. The number of benzene rings is 2. The van der Waals surface area contributed by atoms with Crippen molar-refractivity contribution in [1.82, 2.24) is 9.21 Å². The minimum absolute atomic E-state index is 0.194. The first-order chi connectivity index (χ1) is 14.4. The average molecular weight is 431 g/mol. The molecule has 1 aliphatic rings. The molecule has 0 atom stereocenters. The van der Waals surface area contributed by atoms with E-state index in [9.17, 15) is 8.42 Å². The number of nitrogens with zero attached hydrogens (tertiary/aromatic N) is 2. The number of hydrogen-bond donors (Lipinski definition) is 0. The first kappa shape index (κ1) is 22.8. The normalized spacial score (nSPS) is 16.1. The molecule has 5 nitrogen and oxygen atoms in total. The summed E-state index contributed by atoms with van der Waals surface area (Å²) >= 11 is 0. The minimum atomic E-state index is -3.51. The van der Waals surface area contributed by atoms with Gasteiger partial charge in [0.15, 0.2) is 0 Å². The summed E-state index contributed by atoms with van der Waals surface area (Å²) in [5.74, 6) is 0.990. The van der Waals surface area contributed by atoms with Crippen LogP contribution in [0.2, 0.25) is 0 Å². The summed E-state index contributed by atoms with van der Waals surface area (Å²) in [5, 5.41) is 0. The van der Waals surface area contributed by atoms with Gasteiger partial charge in [-0.25, -0.2) is 8.42 Å². The van der Waals surface area contributed by atoms with Gasteiger partial charge in [-0.1, -0.05) is 57.5 Å². The highest BCUT2D eigenvalue weighted by molar-refractivity contribution is 7.89. The van der Waals surface area contributed by atoms with Crippen LogP contribution in [0.25, 0.3) is 0 Å². The van der Waals surface area contributed by atoms with Gasteiger partial charge in [0.05, 0.1) is 11.5 Å². The van der Waals surface area contributed by atoms with Gasteiger partial charge in [-0.15, -0.1) is 0 Å². The van der Waals surface area contributed by atoms with E-state index < -0.39 is 10.0 Å². The van der Waals surface area contributed by atoms with E-state index in [1.807, 2.05) is 24.3 Å². The molecule has 6 heteroatoms. The number of piperazine rings is 1. The lowest BCUT2D eigenvalue weighted by atomic mass is 10.0. The molecule has 1 aliphatic heterocycles. The van der Waals surface area contributed by atoms with Crippen LogP contribution in [0.3, 0.4) is 0 Å². The molecule has 0 aliphatic carbocycles. The van der Waals surface area contributed by atoms with E-state index in [0.29, 0.717) is 24.6 Å². The van der Waals surface area contributed by atoms with Crippen molar-refractivity contribution in [3.8, 4) is 5.75 Å². The van der Waals surface area contributed by atoms with Crippen LogP contribution in [-0.2, 0) is 16.6 Å². The van der Waals surface area contributed by atoms with Gasteiger partial charge in [0.1, 0.15) is 5.75 Å². The Balaban J connectivity index is 1.68. The van der Waals surface area contributed by atoms with Gasteiger partial charge in [0.25, 0.3) is 0 Å². The predicted octanol–water partition coefficient (Wildman–Crippen LogP) is 4.50. The van der Waals surface area contributed by atoms with Crippen LogP contribution >= 0.6 is 0 Å². The second-order valence-electron chi connectivity index (χ2n) is 8.22. The molecule has 0 amide bonds. The quantitative estimate of drug-likeness (QED) is 0.550. The molecular formula is C24H34N2O3S. The lowest BCUT2D eigenvalue weighted by molar-refractivity contribution is 0.181. The predicted molar refractivity (Wildman–Crippen MR) is 121 cm³/mol. The van der Waals surface area contributed by atoms with Gasteiger partial charge < -0.3 is 4.74 Å². The Morgan fingerprint density at radius 1 is 1.00 bits per heavy atom. The Morgan fingerprint density at radius 2 is 1.70 bits per heavy atom. The van der Waals surface area contributed by atoms with Crippen molar-refractivity contribution in [3.63, 3.8) is 0 Å². The number of rotatable bonds is 9. The zero-order chi connectivity index (χ0) is 21.6. The summed E-state index contributed by atoms with van der Waals surface area (Å²) < 4.78 is 34.1. The molecule has 0 saturated carbocycles. The highest BCUT2D eigenvalue weighted by atomic mass is 32.2. The first-order valence-electron chi connectivity index (χ1n) is 10.9. The van der Waals surface area contributed by atoms with Crippen LogP contribution in [0.1, 0.15) is 50.7 Å². The minimum Gasteiger partial charge on any atom is -0.493 e. The monoisotopic (exact) mass is 430 g/mol. The molecule has 0 aromatic heterocycles. The topological polar surface area (TPSA) is 49.9 Å². The molecule has 30 heavy (non-hydrogen) atoms. The van der Waals surface area contributed by atoms with Gasteiger partial charge in [0.2, 0.25) is 10.0 Å². The Hall–Kier alpha value is -1.89. The van der Waals surface area contributed by atoms with E-state index in [1.54, 1.807) is 16.4 Å². The number of unbranched alkanes of at least 4 members (excludes halogenated alkanes) is 1. The van der Waals surface area contributed by atoms with E-state index in [-0.39, 0.29) is 5.92 Å². The molecule has 1 heterocycles. The third-order valence-corrected chi connectivity index (χ3v) is 7.47. The molecule has 3 rings (SSSR count). The molecular weight excluding hydrogens is 396 g/mol. The molecule has 2 aromatic rings. The maximum absolute atomic E-state index is 13.3. The van der Waals surface area contributed by atoms with Crippen molar-refractivity contribution >= 4 is 10.0 Å². The Kier molecular flexibility index (Phi) is 7.92. The fourth-order valence-corrected chi connectivity index (χ4v) is 5.17. The van der Waals surface area contributed by atoms with Crippen molar-refractivity contribution in [2.24, 2.45) is 0 Å². The van der Waals surface area contributed by atoms with E-state index in [2.05, 4.69) is 37.8 Å². The number of ether oxygens (including phenoxy) is 1. The van der Waals surface area contributed by atoms with Crippen LogP contribution in [0.15, 0.2) is 53.4 Å². The molecule has 1 saturated heterocycles. The van der Waals surface area contributed by atoms with Crippen molar-refractivity contribution in [1.29, 1.82) is 0 Å². The second kappa shape index (κ2) is 10.4. The summed E-state index contributed by atoms with van der Waals surface area (Å²) in [6, 6.07) is 15.6. The van der Waals surface area contributed by atoms with E-state index in [0.717, 1.165) is 43.8 Å². The van der Waals surface area contributed by atoms with Crippen molar-refractivity contribution in [2.75, 3.05) is 32.8 Å².